The first-order valence-electron chi connectivity index (χ1n) is 4.96. The number of nitrogens with zero attached hydrogens (tertiary/aromatic N) is 1. The second-order valence-electron chi connectivity index (χ2n) is 3.44. The summed E-state index contributed by atoms with van der Waals surface area (Å²) in [4.78, 5) is 21.7. The van der Waals surface area contributed by atoms with Gasteiger partial charge in [-0.1, -0.05) is 13.3 Å². The Bertz CT molecular complexity index is 370. The van der Waals surface area contributed by atoms with E-state index in [2.05, 4.69) is 10.9 Å². The third kappa shape index (κ3) is 8.01. The summed E-state index contributed by atoms with van der Waals surface area (Å²) in [5.41, 5.74) is 4.17. The van der Waals surface area contributed by atoms with Crippen LogP contribution in [0.25, 0.3) is 0 Å². The molecular weight excluding hydrogens is 273 g/mol. The normalized spacial score (nSPS) is 12.5. The monoisotopic (exact) mass is 289 g/mol. The Balaban J connectivity index is 0. The van der Waals surface area contributed by atoms with E-state index in [0.717, 1.165) is 13.8 Å². The van der Waals surface area contributed by atoms with Crippen LogP contribution >= 0.6 is 0 Å². The van der Waals surface area contributed by atoms with Gasteiger partial charge < -0.3 is 4.55 Å². The minimum absolute atomic E-state index is 0. The molecule has 0 aromatic carbocycles. The maximum atomic E-state index is 11.0. The van der Waals surface area contributed by atoms with Crippen molar-refractivity contribution < 1.29 is 52.1 Å². The maximum Gasteiger partial charge on any atom is 1.00 e. The van der Waals surface area contributed by atoms with Gasteiger partial charge in [-0.15, -0.1) is 5.12 Å². The average molecular weight is 289 g/mol. The molecule has 0 aromatic heterocycles. The molecule has 0 radical (unpaired) electrons. The number of hydrogen-bond acceptors (Lipinski definition) is 6. The second kappa shape index (κ2) is 8.83. The molecular formula is C8H16N3NaO5S. The van der Waals surface area contributed by atoms with Crippen LogP contribution in [-0.4, -0.2) is 35.3 Å². The van der Waals surface area contributed by atoms with E-state index in [1.165, 1.54) is 0 Å². The first kappa shape index (κ1) is 20.1. The molecule has 0 aromatic rings. The van der Waals surface area contributed by atoms with Crippen LogP contribution in [0.1, 0.15) is 33.6 Å². The fourth-order valence-electron chi connectivity index (χ4n) is 1.16. The average Bonchev–Trinajstić information content (AvgIpc) is 2.09. The van der Waals surface area contributed by atoms with Crippen LogP contribution in [-0.2, 0) is 19.7 Å². The summed E-state index contributed by atoms with van der Waals surface area (Å²) in [5, 5.41) is -0.892. The molecule has 18 heavy (non-hydrogen) atoms. The van der Waals surface area contributed by atoms with E-state index >= 15 is 0 Å². The van der Waals surface area contributed by atoms with Crippen molar-refractivity contribution in [1.29, 1.82) is 0 Å². The Morgan fingerprint density at radius 1 is 1.22 bits per heavy atom. The van der Waals surface area contributed by atoms with E-state index in [-0.39, 0.29) is 36.0 Å². The van der Waals surface area contributed by atoms with Crippen molar-refractivity contribution in [3.63, 3.8) is 0 Å². The van der Waals surface area contributed by atoms with Crippen molar-refractivity contribution in [2.45, 2.75) is 39.0 Å². The SMILES string of the molecule is CCCC(N(NC(C)=O)NC(C)=O)S(=O)(=O)[O-].[Na+]. The molecule has 0 saturated heterocycles. The summed E-state index contributed by atoms with van der Waals surface area (Å²) < 4.78 is 33.1. The molecule has 10 heteroatoms. The number of amides is 2. The van der Waals surface area contributed by atoms with Crippen LogP contribution in [0.4, 0.5) is 0 Å². The number of rotatable bonds is 6. The molecule has 8 nitrogen and oxygen atoms in total. The number of nitrogens with one attached hydrogen (secondary N) is 2. The Morgan fingerprint density at radius 3 is 1.83 bits per heavy atom. The van der Waals surface area contributed by atoms with E-state index in [1.54, 1.807) is 6.92 Å². The maximum absolute atomic E-state index is 11.0. The van der Waals surface area contributed by atoms with Crippen LogP contribution < -0.4 is 40.4 Å². The molecule has 1 unspecified atom stereocenters. The van der Waals surface area contributed by atoms with Crippen LogP contribution in [0.15, 0.2) is 0 Å². The van der Waals surface area contributed by atoms with Crippen molar-refractivity contribution in [3.05, 3.63) is 0 Å². The van der Waals surface area contributed by atoms with Crippen molar-refractivity contribution in [3.8, 4) is 0 Å². The van der Waals surface area contributed by atoms with Gasteiger partial charge in [0.25, 0.3) is 0 Å². The van der Waals surface area contributed by atoms with Gasteiger partial charge in [0.05, 0.1) is 0 Å². The summed E-state index contributed by atoms with van der Waals surface area (Å²) in [5.74, 6) is -1.19. The summed E-state index contributed by atoms with van der Waals surface area (Å²) in [6.45, 7) is 3.95. The smallest absolute Gasteiger partial charge is 0.747 e. The Hall–Kier alpha value is -0.190. The van der Waals surface area contributed by atoms with Gasteiger partial charge in [0, 0.05) is 13.8 Å². The molecule has 0 aliphatic heterocycles. The summed E-state index contributed by atoms with van der Waals surface area (Å²) in [6.07, 6.45) is 0.397. The zero-order chi connectivity index (χ0) is 13.6. The van der Waals surface area contributed by atoms with Gasteiger partial charge >= 0.3 is 29.6 Å². The number of carbonyl (C=O) groups is 2. The summed E-state index contributed by atoms with van der Waals surface area (Å²) in [7, 11) is -4.67. The number of hydrogen-bond donors (Lipinski definition) is 2. The van der Waals surface area contributed by atoms with Crippen molar-refractivity contribution in [2.24, 2.45) is 0 Å². The Kier molecular flexibility index (Phi) is 9.88. The van der Waals surface area contributed by atoms with Gasteiger partial charge in [-0.25, -0.2) is 8.42 Å². The van der Waals surface area contributed by atoms with E-state index in [4.69, 9.17) is 0 Å². The molecule has 0 fully saturated rings. The predicted molar refractivity (Wildman–Crippen MR) is 57.9 cm³/mol. The molecule has 2 N–H and O–H groups in total. The van der Waals surface area contributed by atoms with Crippen LogP contribution in [0.3, 0.4) is 0 Å². The molecule has 0 aliphatic rings. The van der Waals surface area contributed by atoms with Crippen LogP contribution in [0.2, 0.25) is 0 Å². The van der Waals surface area contributed by atoms with Gasteiger partial charge in [0.15, 0.2) is 0 Å². The fourth-order valence-corrected chi connectivity index (χ4v) is 2.05. The quantitative estimate of drug-likeness (QED) is 0.293. The van der Waals surface area contributed by atoms with E-state index in [1.807, 2.05) is 0 Å². The van der Waals surface area contributed by atoms with E-state index < -0.39 is 27.3 Å². The molecule has 0 heterocycles. The van der Waals surface area contributed by atoms with Crippen molar-refractivity contribution in [1.82, 2.24) is 16.0 Å². The fraction of sp³-hybridized carbons (Fsp3) is 0.750. The minimum atomic E-state index is -4.67. The Labute approximate surface area is 128 Å². The molecule has 0 saturated carbocycles. The van der Waals surface area contributed by atoms with Crippen LogP contribution in [0, 0.1) is 0 Å². The first-order chi connectivity index (χ1) is 7.68. The third-order valence-electron chi connectivity index (χ3n) is 1.71. The zero-order valence-electron chi connectivity index (χ0n) is 10.9. The molecule has 0 bridgehead atoms. The van der Waals surface area contributed by atoms with E-state index in [0.29, 0.717) is 11.5 Å². The molecule has 0 spiro atoms. The molecule has 1 atom stereocenters. The van der Waals surface area contributed by atoms with Gasteiger partial charge in [-0.05, 0) is 6.42 Å². The zero-order valence-corrected chi connectivity index (χ0v) is 13.7. The predicted octanol–water partition coefficient (Wildman–Crippen LogP) is -3.93. The minimum Gasteiger partial charge on any atom is -0.747 e. The summed E-state index contributed by atoms with van der Waals surface area (Å²) in [6, 6.07) is 0. The van der Waals surface area contributed by atoms with Crippen molar-refractivity contribution >= 4 is 21.9 Å². The summed E-state index contributed by atoms with van der Waals surface area (Å²) >= 11 is 0. The molecule has 2 amide bonds. The standard InChI is InChI=1S/C8H17N3O5S.Na/c1-4-5-8(17(14,15)16)11(9-6(2)12)10-7(3)13;/h8H,4-5H2,1-3H3,(H,9,12)(H,10,13)(H,14,15,16);/q;+1/p-1. The Morgan fingerprint density at radius 2 is 1.61 bits per heavy atom. The third-order valence-corrected chi connectivity index (χ3v) is 2.83. The van der Waals surface area contributed by atoms with E-state index in [9.17, 15) is 22.6 Å². The molecule has 0 aliphatic carbocycles. The topological polar surface area (TPSA) is 119 Å². The molecule has 0 rings (SSSR count). The van der Waals surface area contributed by atoms with Crippen LogP contribution in [0.5, 0.6) is 0 Å². The molecule has 100 valence electrons. The second-order valence-corrected chi connectivity index (χ2v) is 4.97. The van der Waals surface area contributed by atoms with Crippen molar-refractivity contribution in [2.75, 3.05) is 0 Å². The van der Waals surface area contributed by atoms with Gasteiger partial charge in [-0.3, -0.25) is 20.4 Å². The number of hydrazine groups is 2. The first-order valence-corrected chi connectivity index (χ1v) is 6.44. The number of carbonyl (C=O) groups excluding carboxylic acids is 2. The van der Waals surface area contributed by atoms with Gasteiger partial charge in [0.1, 0.15) is 15.5 Å². The largest absolute Gasteiger partial charge is 1.00 e. The van der Waals surface area contributed by atoms with Gasteiger partial charge in [-0.2, -0.15) is 0 Å². The van der Waals surface area contributed by atoms with Gasteiger partial charge in [0.2, 0.25) is 11.8 Å².